The molecule has 0 spiro atoms. The topological polar surface area (TPSA) is 38.9 Å². The average Bonchev–Trinajstić information content (AvgIpc) is 2.17. The molecule has 0 atom stereocenters. The van der Waals surface area contributed by atoms with E-state index >= 15 is 0 Å². The summed E-state index contributed by atoms with van der Waals surface area (Å²) in [6, 6.07) is 10.0. The Hall–Kier alpha value is -1.57. The van der Waals surface area contributed by atoms with Gasteiger partial charge in [-0.25, -0.2) is 0 Å². The molecule has 0 amide bonds. The van der Waals surface area contributed by atoms with Crippen LogP contribution in [0.2, 0.25) is 0 Å². The Kier molecular flexibility index (Phi) is 1.89. The third-order valence-corrected chi connectivity index (χ3v) is 2.17. The molecule has 2 rings (SSSR count). The zero-order valence-corrected chi connectivity index (χ0v) is 7.62. The van der Waals surface area contributed by atoms with Crippen LogP contribution in [0, 0.1) is 0 Å². The van der Waals surface area contributed by atoms with E-state index in [2.05, 4.69) is 11.9 Å². The molecular formula is C11H12N2. The number of aromatic nitrogens is 1. The maximum Gasteiger partial charge on any atom is 0.0706 e. The van der Waals surface area contributed by atoms with E-state index < -0.39 is 0 Å². The minimum atomic E-state index is 0.793. The first kappa shape index (κ1) is 8.05. The van der Waals surface area contributed by atoms with Crippen LogP contribution in [0.25, 0.3) is 10.9 Å². The highest BCUT2D eigenvalue weighted by Gasteiger charge is 2.00. The number of para-hydroxylation sites is 1. The third-order valence-electron chi connectivity index (χ3n) is 2.17. The van der Waals surface area contributed by atoms with Crippen molar-refractivity contribution in [1.82, 2.24) is 4.98 Å². The van der Waals surface area contributed by atoms with E-state index in [1.807, 2.05) is 30.3 Å². The van der Waals surface area contributed by atoms with Crippen molar-refractivity contribution in [3.05, 3.63) is 36.0 Å². The Labute approximate surface area is 77.4 Å². The van der Waals surface area contributed by atoms with Gasteiger partial charge in [0.2, 0.25) is 0 Å². The fourth-order valence-corrected chi connectivity index (χ4v) is 1.46. The number of hydrogen-bond acceptors (Lipinski definition) is 2. The molecule has 0 aliphatic rings. The van der Waals surface area contributed by atoms with E-state index in [4.69, 9.17) is 5.73 Å². The third kappa shape index (κ3) is 1.35. The van der Waals surface area contributed by atoms with E-state index in [-0.39, 0.29) is 0 Å². The second kappa shape index (κ2) is 3.05. The Morgan fingerprint density at radius 3 is 2.85 bits per heavy atom. The number of benzene rings is 1. The molecule has 2 nitrogen and oxygen atoms in total. The van der Waals surface area contributed by atoms with Crippen LogP contribution in [0.15, 0.2) is 30.3 Å². The quantitative estimate of drug-likeness (QED) is 0.717. The molecule has 1 heterocycles. The first-order valence-corrected chi connectivity index (χ1v) is 4.45. The van der Waals surface area contributed by atoms with Gasteiger partial charge >= 0.3 is 0 Å². The van der Waals surface area contributed by atoms with Crippen LogP contribution < -0.4 is 5.73 Å². The molecule has 0 aliphatic carbocycles. The number of nitrogens with two attached hydrogens (primary N) is 1. The van der Waals surface area contributed by atoms with Crippen molar-refractivity contribution < 1.29 is 0 Å². The van der Waals surface area contributed by atoms with Gasteiger partial charge in [0.1, 0.15) is 0 Å². The summed E-state index contributed by atoms with van der Waals surface area (Å²) in [5.41, 5.74) is 8.63. The molecule has 2 aromatic rings. The molecule has 0 bridgehead atoms. The Bertz CT molecular complexity index is 435. The largest absolute Gasteiger partial charge is 0.397 e. The van der Waals surface area contributed by atoms with Crippen molar-refractivity contribution in [3.63, 3.8) is 0 Å². The maximum absolute atomic E-state index is 5.83. The second-order valence-electron chi connectivity index (χ2n) is 3.07. The summed E-state index contributed by atoms with van der Waals surface area (Å²) in [5, 5.41) is 1.11. The number of anilines is 1. The minimum Gasteiger partial charge on any atom is -0.397 e. The highest BCUT2D eigenvalue weighted by atomic mass is 14.7. The number of fused-ring (bicyclic) bond motifs is 1. The number of hydrogen-bond donors (Lipinski definition) is 1. The van der Waals surface area contributed by atoms with E-state index in [1.165, 1.54) is 0 Å². The Balaban J connectivity index is 2.74. The van der Waals surface area contributed by atoms with Gasteiger partial charge in [-0.3, -0.25) is 4.98 Å². The van der Waals surface area contributed by atoms with Gasteiger partial charge in [0.15, 0.2) is 0 Å². The van der Waals surface area contributed by atoms with Crippen LogP contribution in [0.3, 0.4) is 0 Å². The van der Waals surface area contributed by atoms with Gasteiger partial charge in [-0.05, 0) is 18.6 Å². The van der Waals surface area contributed by atoms with Crippen molar-refractivity contribution in [2.45, 2.75) is 13.3 Å². The van der Waals surface area contributed by atoms with Gasteiger partial charge < -0.3 is 5.73 Å². The van der Waals surface area contributed by atoms with Crippen LogP contribution in [0.5, 0.6) is 0 Å². The van der Waals surface area contributed by atoms with Gasteiger partial charge in [-0.1, -0.05) is 25.1 Å². The summed E-state index contributed by atoms with van der Waals surface area (Å²) in [5.74, 6) is 0. The zero-order chi connectivity index (χ0) is 9.26. The summed E-state index contributed by atoms with van der Waals surface area (Å²) in [7, 11) is 0. The van der Waals surface area contributed by atoms with Gasteiger partial charge in [-0.2, -0.15) is 0 Å². The Morgan fingerprint density at radius 2 is 2.08 bits per heavy atom. The maximum atomic E-state index is 5.83. The molecule has 0 saturated carbocycles. The fraction of sp³-hybridized carbons (Fsp3) is 0.182. The normalized spacial score (nSPS) is 10.5. The first-order chi connectivity index (χ1) is 6.31. The summed E-state index contributed by atoms with van der Waals surface area (Å²) >= 11 is 0. The molecule has 2 N–H and O–H groups in total. The smallest absolute Gasteiger partial charge is 0.0706 e. The van der Waals surface area contributed by atoms with Crippen molar-refractivity contribution in [2.75, 3.05) is 5.73 Å². The average molecular weight is 172 g/mol. The molecule has 1 aromatic carbocycles. The molecule has 66 valence electrons. The molecule has 2 heteroatoms. The van der Waals surface area contributed by atoms with E-state index in [1.54, 1.807) is 0 Å². The second-order valence-corrected chi connectivity index (χ2v) is 3.07. The summed E-state index contributed by atoms with van der Waals surface area (Å²) in [6.45, 7) is 2.06. The molecular weight excluding hydrogens is 160 g/mol. The van der Waals surface area contributed by atoms with Gasteiger partial charge in [-0.15, -0.1) is 0 Å². The predicted molar refractivity (Wildman–Crippen MR) is 55.5 cm³/mol. The lowest BCUT2D eigenvalue weighted by Gasteiger charge is -2.03. The molecule has 0 fully saturated rings. The molecule has 0 saturated heterocycles. The van der Waals surface area contributed by atoms with Crippen LogP contribution >= 0.6 is 0 Å². The van der Waals surface area contributed by atoms with Crippen LogP contribution in [-0.4, -0.2) is 4.98 Å². The molecule has 0 radical (unpaired) electrons. The first-order valence-electron chi connectivity index (χ1n) is 4.45. The van der Waals surface area contributed by atoms with E-state index in [0.29, 0.717) is 0 Å². The van der Waals surface area contributed by atoms with Crippen molar-refractivity contribution in [1.29, 1.82) is 0 Å². The van der Waals surface area contributed by atoms with Crippen LogP contribution in [0.1, 0.15) is 12.6 Å². The lowest BCUT2D eigenvalue weighted by Crippen LogP contribution is -1.96. The van der Waals surface area contributed by atoms with Crippen LogP contribution in [0.4, 0.5) is 5.69 Å². The van der Waals surface area contributed by atoms with E-state index in [0.717, 1.165) is 28.7 Å². The molecule has 13 heavy (non-hydrogen) atoms. The highest BCUT2D eigenvalue weighted by molar-refractivity contribution is 5.82. The summed E-state index contributed by atoms with van der Waals surface area (Å²) < 4.78 is 0. The lowest BCUT2D eigenvalue weighted by atomic mass is 10.1. The molecule has 1 aromatic heterocycles. The molecule has 0 aliphatic heterocycles. The van der Waals surface area contributed by atoms with Gasteiger partial charge in [0, 0.05) is 5.39 Å². The SMILES string of the molecule is CCc1nc2ccccc2cc1N. The van der Waals surface area contributed by atoms with Gasteiger partial charge in [0.05, 0.1) is 16.9 Å². The standard InChI is InChI=1S/C11H12N2/c1-2-10-9(12)7-8-5-3-4-6-11(8)13-10/h3-7H,2,12H2,1H3. The number of nitrogen functional groups attached to an aromatic ring is 1. The molecule has 0 unspecified atom stereocenters. The summed E-state index contributed by atoms with van der Waals surface area (Å²) in [4.78, 5) is 4.47. The van der Waals surface area contributed by atoms with Crippen LogP contribution in [-0.2, 0) is 6.42 Å². The highest BCUT2D eigenvalue weighted by Crippen LogP contribution is 2.18. The predicted octanol–water partition coefficient (Wildman–Crippen LogP) is 2.38. The summed E-state index contributed by atoms with van der Waals surface area (Å²) in [6.07, 6.45) is 0.886. The minimum absolute atomic E-state index is 0.793. The van der Waals surface area contributed by atoms with Gasteiger partial charge in [0.25, 0.3) is 0 Å². The Morgan fingerprint density at radius 1 is 1.31 bits per heavy atom. The number of nitrogens with zero attached hydrogens (tertiary/aromatic N) is 1. The van der Waals surface area contributed by atoms with Crippen molar-refractivity contribution in [2.24, 2.45) is 0 Å². The lowest BCUT2D eigenvalue weighted by molar-refractivity contribution is 1.06. The van der Waals surface area contributed by atoms with E-state index in [9.17, 15) is 0 Å². The van der Waals surface area contributed by atoms with Crippen molar-refractivity contribution in [3.8, 4) is 0 Å². The number of aryl methyl sites for hydroxylation is 1. The zero-order valence-electron chi connectivity index (χ0n) is 7.62. The van der Waals surface area contributed by atoms with Crippen molar-refractivity contribution >= 4 is 16.6 Å². The number of pyridine rings is 1. The number of rotatable bonds is 1. The monoisotopic (exact) mass is 172 g/mol. The fourth-order valence-electron chi connectivity index (χ4n) is 1.46.